The van der Waals surface area contributed by atoms with Gasteiger partial charge in [0.05, 0.1) is 0 Å². The molecule has 0 aliphatic carbocycles. The topological polar surface area (TPSA) is 51.0 Å². The maximum atomic E-state index is 13.3. The number of carbonyl (C=O) groups excluding carboxylic acids is 1. The van der Waals surface area contributed by atoms with Gasteiger partial charge < -0.3 is 4.90 Å². The molecular formula is C21H22N4OS. The van der Waals surface area contributed by atoms with E-state index in [9.17, 15) is 4.79 Å². The lowest BCUT2D eigenvalue weighted by Crippen LogP contribution is -2.38. The minimum atomic E-state index is -0.323. The molecule has 2 aromatic carbocycles. The molecule has 27 heavy (non-hydrogen) atoms. The first-order chi connectivity index (χ1) is 13.3. The van der Waals surface area contributed by atoms with Gasteiger partial charge in [0.1, 0.15) is 11.6 Å². The number of likely N-dealkylation sites (tertiary alicyclic amines) is 1. The number of hydrogen-bond acceptors (Lipinski definition) is 4. The smallest absolute Gasteiger partial charge is 0.240 e. The fourth-order valence-corrected chi connectivity index (χ4v) is 4.46. The zero-order valence-electron chi connectivity index (χ0n) is 15.1. The van der Waals surface area contributed by atoms with E-state index >= 15 is 0 Å². The molecule has 6 heteroatoms. The molecule has 1 aliphatic rings. The number of nitrogens with zero attached hydrogens (tertiary/aromatic N) is 4. The van der Waals surface area contributed by atoms with Crippen LogP contribution < -0.4 is 0 Å². The minimum absolute atomic E-state index is 0.161. The van der Waals surface area contributed by atoms with Crippen LogP contribution in [0.2, 0.25) is 0 Å². The van der Waals surface area contributed by atoms with Gasteiger partial charge in [-0.1, -0.05) is 60.3 Å². The second kappa shape index (κ2) is 8.39. The van der Waals surface area contributed by atoms with Crippen molar-refractivity contribution in [3.8, 4) is 5.69 Å². The number of piperidine rings is 1. The van der Waals surface area contributed by atoms with E-state index in [2.05, 4.69) is 10.2 Å². The summed E-state index contributed by atoms with van der Waals surface area (Å²) in [7, 11) is 0. The van der Waals surface area contributed by atoms with Crippen LogP contribution in [-0.2, 0) is 4.79 Å². The van der Waals surface area contributed by atoms with Gasteiger partial charge in [0.2, 0.25) is 5.91 Å². The molecule has 2 heterocycles. The van der Waals surface area contributed by atoms with Crippen LogP contribution in [0.25, 0.3) is 5.69 Å². The van der Waals surface area contributed by atoms with Crippen LogP contribution in [0.3, 0.4) is 0 Å². The molecule has 0 saturated carbocycles. The summed E-state index contributed by atoms with van der Waals surface area (Å²) in [6.07, 6.45) is 5.07. The Bertz CT molecular complexity index is 875. The van der Waals surface area contributed by atoms with Gasteiger partial charge in [-0.2, -0.15) is 0 Å². The van der Waals surface area contributed by atoms with Crippen molar-refractivity contribution in [3.05, 3.63) is 72.6 Å². The highest BCUT2D eigenvalue weighted by Crippen LogP contribution is 2.37. The van der Waals surface area contributed by atoms with Crippen LogP contribution >= 0.6 is 11.8 Å². The van der Waals surface area contributed by atoms with Crippen LogP contribution in [0.15, 0.2) is 72.1 Å². The van der Waals surface area contributed by atoms with Crippen LogP contribution in [0.4, 0.5) is 0 Å². The third-order valence-corrected chi connectivity index (χ3v) is 5.97. The van der Waals surface area contributed by atoms with Gasteiger partial charge in [0.15, 0.2) is 5.16 Å². The summed E-state index contributed by atoms with van der Waals surface area (Å²) in [5.41, 5.74) is 1.99. The van der Waals surface area contributed by atoms with E-state index < -0.39 is 0 Å². The molecule has 1 atom stereocenters. The van der Waals surface area contributed by atoms with E-state index in [1.165, 1.54) is 18.2 Å². The summed E-state index contributed by atoms with van der Waals surface area (Å²) >= 11 is 1.47. The second-order valence-electron chi connectivity index (χ2n) is 6.61. The molecule has 138 valence electrons. The van der Waals surface area contributed by atoms with Crippen molar-refractivity contribution in [1.29, 1.82) is 0 Å². The summed E-state index contributed by atoms with van der Waals surface area (Å²) in [6.45, 7) is 1.68. The molecule has 3 aromatic rings. The predicted molar refractivity (Wildman–Crippen MR) is 107 cm³/mol. The summed E-state index contributed by atoms with van der Waals surface area (Å²) in [5, 5.41) is 8.77. The molecule has 5 nitrogen and oxygen atoms in total. The first-order valence-corrected chi connectivity index (χ1v) is 10.2. The Morgan fingerprint density at radius 3 is 2.30 bits per heavy atom. The van der Waals surface area contributed by atoms with Crippen molar-refractivity contribution in [1.82, 2.24) is 19.7 Å². The molecule has 1 aromatic heterocycles. The number of rotatable bonds is 5. The first kappa shape index (κ1) is 17.8. The van der Waals surface area contributed by atoms with Gasteiger partial charge in [-0.05, 0) is 37.0 Å². The Morgan fingerprint density at radius 2 is 1.59 bits per heavy atom. The normalized spacial score (nSPS) is 15.5. The maximum absolute atomic E-state index is 13.3. The Morgan fingerprint density at radius 1 is 0.926 bits per heavy atom. The molecule has 0 radical (unpaired) electrons. The van der Waals surface area contributed by atoms with Crippen molar-refractivity contribution in [3.63, 3.8) is 0 Å². The van der Waals surface area contributed by atoms with E-state index in [4.69, 9.17) is 0 Å². The maximum Gasteiger partial charge on any atom is 0.240 e. The monoisotopic (exact) mass is 378 g/mol. The molecule has 1 saturated heterocycles. The third-order valence-electron chi connectivity index (χ3n) is 4.77. The van der Waals surface area contributed by atoms with Crippen LogP contribution in [0, 0.1) is 0 Å². The standard InChI is InChI=1S/C21H22N4OS/c26-20(24-14-8-3-9-15-24)19(17-10-4-1-5-11-17)27-21-23-22-16-25(21)18-12-6-2-7-13-18/h1-2,4-7,10-13,16,19H,3,8-9,14-15H2. The second-order valence-corrected chi connectivity index (χ2v) is 7.69. The average Bonchev–Trinajstić information content (AvgIpc) is 3.22. The molecule has 4 rings (SSSR count). The van der Waals surface area contributed by atoms with Gasteiger partial charge >= 0.3 is 0 Å². The van der Waals surface area contributed by atoms with Gasteiger partial charge in [-0.25, -0.2) is 0 Å². The summed E-state index contributed by atoms with van der Waals surface area (Å²) in [5.74, 6) is 0.161. The SMILES string of the molecule is O=C(C(Sc1nncn1-c1ccccc1)c1ccccc1)N1CCCCC1. The van der Waals surface area contributed by atoms with Crippen molar-refractivity contribution in [2.45, 2.75) is 29.7 Å². The largest absolute Gasteiger partial charge is 0.341 e. The van der Waals surface area contributed by atoms with Crippen molar-refractivity contribution in [2.24, 2.45) is 0 Å². The van der Waals surface area contributed by atoms with E-state index in [0.717, 1.165) is 42.3 Å². The molecule has 1 aliphatic heterocycles. The number of aromatic nitrogens is 3. The van der Waals surface area contributed by atoms with Crippen LogP contribution in [0.1, 0.15) is 30.1 Å². The Balaban J connectivity index is 1.64. The first-order valence-electron chi connectivity index (χ1n) is 9.29. The van der Waals surface area contributed by atoms with Crippen molar-refractivity contribution in [2.75, 3.05) is 13.1 Å². The average molecular weight is 379 g/mol. The van der Waals surface area contributed by atoms with Gasteiger partial charge in [0, 0.05) is 18.8 Å². The molecule has 1 unspecified atom stereocenters. The number of hydrogen-bond donors (Lipinski definition) is 0. The number of carbonyl (C=O) groups is 1. The lowest BCUT2D eigenvalue weighted by Gasteiger charge is -2.30. The fourth-order valence-electron chi connectivity index (χ4n) is 3.34. The third kappa shape index (κ3) is 4.06. The zero-order chi connectivity index (χ0) is 18.5. The molecule has 0 bridgehead atoms. The number of benzene rings is 2. The highest BCUT2D eigenvalue weighted by atomic mass is 32.2. The quantitative estimate of drug-likeness (QED) is 0.627. The summed E-state index contributed by atoms with van der Waals surface area (Å²) < 4.78 is 1.93. The van der Waals surface area contributed by atoms with E-state index in [-0.39, 0.29) is 11.2 Å². The molecule has 0 spiro atoms. The van der Waals surface area contributed by atoms with Crippen molar-refractivity contribution >= 4 is 17.7 Å². The fraction of sp³-hybridized carbons (Fsp3) is 0.286. The van der Waals surface area contributed by atoms with Crippen molar-refractivity contribution < 1.29 is 4.79 Å². The molecule has 1 amide bonds. The lowest BCUT2D eigenvalue weighted by molar-refractivity contribution is -0.131. The Kier molecular flexibility index (Phi) is 5.53. The highest BCUT2D eigenvalue weighted by molar-refractivity contribution is 8.00. The lowest BCUT2D eigenvalue weighted by atomic mass is 10.1. The summed E-state index contributed by atoms with van der Waals surface area (Å²) in [4.78, 5) is 15.3. The van der Waals surface area contributed by atoms with Crippen LogP contribution in [0.5, 0.6) is 0 Å². The molecule has 1 fully saturated rings. The van der Waals surface area contributed by atoms with Gasteiger partial charge in [-0.3, -0.25) is 9.36 Å². The van der Waals surface area contributed by atoms with E-state index in [0.29, 0.717) is 0 Å². The van der Waals surface area contributed by atoms with Gasteiger partial charge in [0.25, 0.3) is 0 Å². The van der Waals surface area contributed by atoms with Crippen LogP contribution in [-0.4, -0.2) is 38.7 Å². The molecular weight excluding hydrogens is 356 g/mol. The number of amides is 1. The summed E-state index contributed by atoms with van der Waals surface area (Å²) in [6, 6.07) is 19.9. The number of thioether (sulfide) groups is 1. The number of para-hydroxylation sites is 1. The molecule has 0 N–H and O–H groups in total. The zero-order valence-corrected chi connectivity index (χ0v) is 15.9. The minimum Gasteiger partial charge on any atom is -0.341 e. The highest BCUT2D eigenvalue weighted by Gasteiger charge is 2.29. The van der Waals surface area contributed by atoms with E-state index in [1.54, 1.807) is 6.33 Å². The Hall–Kier alpha value is -2.60. The predicted octanol–water partition coefficient (Wildman–Crippen LogP) is 4.11. The van der Waals surface area contributed by atoms with E-state index in [1.807, 2.05) is 70.1 Å². The van der Waals surface area contributed by atoms with Gasteiger partial charge in [-0.15, -0.1) is 10.2 Å². The Labute approximate surface area is 163 Å².